The summed E-state index contributed by atoms with van der Waals surface area (Å²) in [5.74, 6) is 0.170. The van der Waals surface area contributed by atoms with Crippen molar-refractivity contribution in [2.45, 2.75) is 32.9 Å². The van der Waals surface area contributed by atoms with Gasteiger partial charge in [-0.1, -0.05) is 19.6 Å². The molecule has 2 N–H and O–H groups in total. The minimum Gasteiger partial charge on any atom is -0.836 e. The third kappa shape index (κ3) is 3.99. The minimum absolute atomic E-state index is 0.0710. The molecule has 27 heavy (non-hydrogen) atoms. The van der Waals surface area contributed by atoms with E-state index in [1.165, 1.54) is 12.1 Å². The Balaban J connectivity index is 1.89. The lowest BCUT2D eigenvalue weighted by Crippen LogP contribution is -2.33. The zero-order valence-corrected chi connectivity index (χ0v) is 15.5. The molecule has 0 radical (unpaired) electrons. The molecular formula is C17H16N7O2S-. The lowest BCUT2D eigenvalue weighted by atomic mass is 10.2. The van der Waals surface area contributed by atoms with E-state index < -0.39 is 6.23 Å². The van der Waals surface area contributed by atoms with Crippen LogP contribution in [0.3, 0.4) is 0 Å². The van der Waals surface area contributed by atoms with Crippen LogP contribution in [-0.2, 0) is 0 Å². The van der Waals surface area contributed by atoms with Crippen molar-refractivity contribution in [1.82, 2.24) is 14.3 Å². The Morgan fingerprint density at radius 2 is 2.22 bits per heavy atom. The molecule has 0 aliphatic heterocycles. The van der Waals surface area contributed by atoms with Crippen molar-refractivity contribution in [1.29, 1.82) is 0 Å². The molecule has 3 aromatic rings. The molecule has 0 aliphatic rings. The fourth-order valence-corrected chi connectivity index (χ4v) is 3.05. The van der Waals surface area contributed by atoms with Gasteiger partial charge in [-0.2, -0.15) is 0 Å². The van der Waals surface area contributed by atoms with Crippen LogP contribution in [0.25, 0.3) is 15.7 Å². The third-order valence-electron chi connectivity index (χ3n) is 3.73. The number of rotatable bonds is 6. The van der Waals surface area contributed by atoms with Crippen molar-refractivity contribution in [3.63, 3.8) is 0 Å². The molecule has 1 unspecified atom stereocenters. The quantitative estimate of drug-likeness (QED) is 0.378. The summed E-state index contributed by atoms with van der Waals surface area (Å²) in [5.41, 5.74) is 1.56. The fraction of sp³-hybridized carbons (Fsp3) is 0.294. The number of azo groups is 1. The molecule has 0 saturated carbocycles. The summed E-state index contributed by atoms with van der Waals surface area (Å²) >= 11 is 1.11. The molecule has 1 atom stereocenters. The van der Waals surface area contributed by atoms with Crippen molar-refractivity contribution < 1.29 is 10.2 Å². The van der Waals surface area contributed by atoms with Gasteiger partial charge < -0.3 is 15.5 Å². The predicted molar refractivity (Wildman–Crippen MR) is 101 cm³/mol. The average molecular weight is 382 g/mol. The molecular weight excluding hydrogens is 366 g/mol. The summed E-state index contributed by atoms with van der Waals surface area (Å²) in [6.45, 7) is 10.9. The maximum atomic E-state index is 11.8. The van der Waals surface area contributed by atoms with E-state index in [0.717, 1.165) is 18.0 Å². The largest absolute Gasteiger partial charge is 0.836 e. The van der Waals surface area contributed by atoms with Crippen molar-refractivity contribution in [3.05, 3.63) is 35.4 Å². The van der Waals surface area contributed by atoms with Crippen molar-refractivity contribution in [2.75, 3.05) is 5.32 Å². The summed E-state index contributed by atoms with van der Waals surface area (Å²) in [7, 11) is 0. The van der Waals surface area contributed by atoms with E-state index in [4.69, 9.17) is 6.57 Å². The van der Waals surface area contributed by atoms with E-state index in [2.05, 4.69) is 34.7 Å². The lowest BCUT2D eigenvalue weighted by Gasteiger charge is -2.23. The smallest absolute Gasteiger partial charge is 0.234 e. The molecule has 3 rings (SSSR count). The van der Waals surface area contributed by atoms with Crippen LogP contribution in [0.4, 0.5) is 22.3 Å². The molecule has 10 heteroatoms. The maximum absolute atomic E-state index is 11.8. The number of nitrogens with one attached hydrogen (secondary N) is 1. The topological polar surface area (TPSA) is 123 Å². The normalized spacial score (nSPS) is 12.4. The first-order valence-corrected chi connectivity index (χ1v) is 8.97. The summed E-state index contributed by atoms with van der Waals surface area (Å²) in [6, 6.07) is 2.88. The molecule has 138 valence electrons. The Morgan fingerprint density at radius 1 is 1.41 bits per heavy atom. The molecule has 0 fully saturated rings. The number of anilines is 1. The van der Waals surface area contributed by atoms with E-state index in [-0.39, 0.29) is 17.4 Å². The number of hydrogen-bond donors (Lipinski definition) is 2. The highest BCUT2D eigenvalue weighted by atomic mass is 32.1. The molecule has 0 aliphatic carbocycles. The van der Waals surface area contributed by atoms with Gasteiger partial charge in [0.15, 0.2) is 22.4 Å². The number of fused-ring (bicyclic) bond motifs is 1. The molecule has 3 heterocycles. The summed E-state index contributed by atoms with van der Waals surface area (Å²) < 4.78 is 4.27. The molecule has 3 aromatic heterocycles. The second-order valence-corrected chi connectivity index (χ2v) is 6.46. The lowest BCUT2D eigenvalue weighted by molar-refractivity contribution is -0.411. The molecule has 0 amide bonds. The van der Waals surface area contributed by atoms with Crippen LogP contribution in [0.1, 0.15) is 25.5 Å². The fourth-order valence-electron chi connectivity index (χ4n) is 2.36. The second-order valence-electron chi connectivity index (χ2n) is 5.71. The number of aromatic hydroxyl groups is 1. The van der Waals surface area contributed by atoms with Crippen molar-refractivity contribution in [3.8, 4) is 5.75 Å². The third-order valence-corrected chi connectivity index (χ3v) is 4.47. The zero-order valence-electron chi connectivity index (χ0n) is 14.7. The van der Waals surface area contributed by atoms with Crippen molar-refractivity contribution in [2.24, 2.45) is 10.2 Å². The van der Waals surface area contributed by atoms with Crippen LogP contribution in [0.2, 0.25) is 0 Å². The Hall–Kier alpha value is -3.16. The van der Waals surface area contributed by atoms with E-state index in [9.17, 15) is 10.2 Å². The highest BCUT2D eigenvalue weighted by Crippen LogP contribution is 2.37. The van der Waals surface area contributed by atoms with Crippen LogP contribution in [-0.4, -0.2) is 25.7 Å². The number of hydrogen-bond acceptors (Lipinski definition) is 9. The van der Waals surface area contributed by atoms with Crippen molar-refractivity contribution >= 4 is 44.8 Å². The number of aromatic nitrogens is 3. The first-order chi connectivity index (χ1) is 13.0. The van der Waals surface area contributed by atoms with E-state index in [1.54, 1.807) is 13.1 Å². The van der Waals surface area contributed by atoms with Gasteiger partial charge in [-0.3, -0.25) is 4.98 Å². The van der Waals surface area contributed by atoms with Crippen LogP contribution in [0.5, 0.6) is 5.75 Å². The number of nitrogens with zero attached hydrogens (tertiary/aromatic N) is 6. The SMILES string of the molecule is [C-]#[N+]c1c(C)ncc2c(N=Nc3ccc(O)c(NC([O-])CCC)n3)snc12. The Kier molecular flexibility index (Phi) is 5.54. The highest BCUT2D eigenvalue weighted by molar-refractivity contribution is 7.11. The first kappa shape index (κ1) is 18.6. The van der Waals surface area contributed by atoms with Gasteiger partial charge in [-0.25, -0.2) is 14.2 Å². The van der Waals surface area contributed by atoms with Crippen LogP contribution in [0.15, 0.2) is 28.6 Å². The van der Waals surface area contributed by atoms with Crippen LogP contribution in [0, 0.1) is 13.5 Å². The van der Waals surface area contributed by atoms with Gasteiger partial charge in [0.05, 0.1) is 12.1 Å². The van der Waals surface area contributed by atoms with Gasteiger partial charge >= 0.3 is 0 Å². The molecule has 0 aromatic carbocycles. The number of aryl methyl sites for hydroxylation is 1. The van der Waals surface area contributed by atoms with Gasteiger partial charge in [0.25, 0.3) is 0 Å². The Bertz CT molecular complexity index is 1040. The van der Waals surface area contributed by atoms with Crippen LogP contribution < -0.4 is 10.4 Å². The zero-order chi connectivity index (χ0) is 19.4. The van der Waals surface area contributed by atoms with Crippen LogP contribution >= 0.6 is 11.5 Å². The Labute approximate surface area is 159 Å². The summed E-state index contributed by atoms with van der Waals surface area (Å²) in [6.07, 6.45) is 1.68. The minimum atomic E-state index is -1.06. The van der Waals surface area contributed by atoms with Gasteiger partial charge in [-0.15, -0.1) is 10.2 Å². The van der Waals surface area contributed by atoms with E-state index in [0.29, 0.717) is 33.7 Å². The second kappa shape index (κ2) is 8.03. The Morgan fingerprint density at radius 3 is 2.96 bits per heavy atom. The first-order valence-electron chi connectivity index (χ1n) is 8.20. The average Bonchev–Trinajstić information content (AvgIpc) is 3.05. The monoisotopic (exact) mass is 382 g/mol. The molecule has 0 saturated heterocycles. The summed E-state index contributed by atoms with van der Waals surface area (Å²) in [4.78, 5) is 11.8. The van der Waals surface area contributed by atoms with E-state index >= 15 is 0 Å². The van der Waals surface area contributed by atoms with Gasteiger partial charge in [-0.05, 0) is 37.0 Å². The van der Waals surface area contributed by atoms with Gasteiger partial charge in [0.2, 0.25) is 5.69 Å². The van der Waals surface area contributed by atoms with E-state index in [1.807, 2.05) is 6.92 Å². The van der Waals surface area contributed by atoms with Gasteiger partial charge in [0.1, 0.15) is 0 Å². The predicted octanol–water partition coefficient (Wildman–Crippen LogP) is 3.96. The molecule has 0 spiro atoms. The highest BCUT2D eigenvalue weighted by Gasteiger charge is 2.13. The van der Waals surface area contributed by atoms with Gasteiger partial charge in [0, 0.05) is 17.3 Å². The standard InChI is InChI=1S/C17H16N7O2S/c1-4-5-13(26)21-16-11(25)6-7-12(20-16)22-23-17-10-8-19-9(2)14(18-3)15(10)24-27-17/h6-8,13,25H,4-5H2,1-2H3,(H,20,21)/q-1. The number of pyridine rings is 2. The maximum Gasteiger partial charge on any atom is 0.234 e. The summed E-state index contributed by atoms with van der Waals surface area (Å²) in [5, 5.41) is 33.6. The molecule has 0 bridgehead atoms. The molecule has 9 nitrogen and oxygen atoms in total.